The van der Waals surface area contributed by atoms with E-state index in [2.05, 4.69) is 6.07 Å². The van der Waals surface area contributed by atoms with Gasteiger partial charge in [0.15, 0.2) is 0 Å². The molecule has 0 saturated carbocycles. The van der Waals surface area contributed by atoms with E-state index in [1.54, 1.807) is 0 Å². The lowest BCUT2D eigenvalue weighted by atomic mass is 10.0. The van der Waals surface area contributed by atoms with Crippen LogP contribution in [-0.2, 0) is 23.1 Å². The number of benzene rings is 1. The fourth-order valence-electron chi connectivity index (χ4n) is 3.04. The van der Waals surface area contributed by atoms with Crippen LogP contribution in [0.5, 0.6) is 5.75 Å². The maximum atomic E-state index is 11.0. The van der Waals surface area contributed by atoms with Gasteiger partial charge in [0.25, 0.3) is 10.1 Å². The number of hydrogen-bond donors (Lipinski definition) is 1. The Hall–Kier alpha value is -1.53. The highest BCUT2D eigenvalue weighted by Crippen LogP contribution is 2.32. The predicted octanol–water partition coefficient (Wildman–Crippen LogP) is 2.49. The van der Waals surface area contributed by atoms with Crippen molar-refractivity contribution in [2.75, 3.05) is 12.4 Å². The quantitative estimate of drug-likeness (QED) is 0.881. The lowest BCUT2D eigenvalue weighted by molar-refractivity contribution is 0.289. The number of ether oxygens (including phenoxy) is 1. The van der Waals surface area contributed by atoms with Crippen LogP contribution in [0, 0.1) is 5.92 Å². The maximum Gasteiger partial charge on any atom is 0.265 e. The van der Waals surface area contributed by atoms with Gasteiger partial charge in [-0.1, -0.05) is 6.92 Å². The Morgan fingerprint density at radius 2 is 2.19 bits per heavy atom. The van der Waals surface area contributed by atoms with E-state index in [9.17, 15) is 8.42 Å². The number of rotatable bonds is 4. The van der Waals surface area contributed by atoms with Gasteiger partial charge in [-0.2, -0.15) is 8.42 Å². The Balaban J connectivity index is 1.91. The SMILES string of the molecule is CC(Cn1ccc2c3c(ccc21)OCCC3)CS(=O)(=O)O. The lowest BCUT2D eigenvalue weighted by Crippen LogP contribution is -2.17. The van der Waals surface area contributed by atoms with E-state index < -0.39 is 10.1 Å². The Kier molecular flexibility index (Phi) is 3.67. The van der Waals surface area contributed by atoms with Crippen LogP contribution >= 0.6 is 0 Å². The summed E-state index contributed by atoms with van der Waals surface area (Å²) in [5.74, 6) is 0.584. The van der Waals surface area contributed by atoms with E-state index in [1.807, 2.05) is 29.8 Å². The van der Waals surface area contributed by atoms with E-state index in [4.69, 9.17) is 9.29 Å². The third kappa shape index (κ3) is 3.06. The lowest BCUT2D eigenvalue weighted by Gasteiger charge is -2.18. The minimum Gasteiger partial charge on any atom is -0.493 e. The molecule has 114 valence electrons. The summed E-state index contributed by atoms with van der Waals surface area (Å²) in [6.07, 6.45) is 4.01. The summed E-state index contributed by atoms with van der Waals surface area (Å²) in [5.41, 5.74) is 2.32. The summed E-state index contributed by atoms with van der Waals surface area (Å²) in [6, 6.07) is 6.06. The average molecular weight is 309 g/mol. The van der Waals surface area contributed by atoms with Crippen LogP contribution in [0.3, 0.4) is 0 Å². The summed E-state index contributed by atoms with van der Waals surface area (Å²) >= 11 is 0. The fourth-order valence-corrected chi connectivity index (χ4v) is 3.87. The van der Waals surface area contributed by atoms with Crippen molar-refractivity contribution in [2.24, 2.45) is 5.92 Å². The second-order valence-corrected chi connectivity index (χ2v) is 7.25. The molecule has 1 aliphatic heterocycles. The molecule has 6 heteroatoms. The monoisotopic (exact) mass is 309 g/mol. The molecule has 1 aliphatic rings. The second-order valence-electron chi connectivity index (χ2n) is 5.75. The molecular formula is C15H19NO4S. The van der Waals surface area contributed by atoms with Gasteiger partial charge in [-0.15, -0.1) is 0 Å². The Morgan fingerprint density at radius 3 is 2.95 bits per heavy atom. The highest BCUT2D eigenvalue weighted by Gasteiger charge is 2.17. The van der Waals surface area contributed by atoms with Crippen molar-refractivity contribution in [3.8, 4) is 5.75 Å². The summed E-state index contributed by atoms with van der Waals surface area (Å²) in [4.78, 5) is 0. The van der Waals surface area contributed by atoms with E-state index >= 15 is 0 Å². The van der Waals surface area contributed by atoms with E-state index in [0.717, 1.165) is 30.7 Å². The molecule has 21 heavy (non-hydrogen) atoms. The molecule has 0 radical (unpaired) electrons. The van der Waals surface area contributed by atoms with E-state index in [1.165, 1.54) is 10.9 Å². The van der Waals surface area contributed by atoms with Crippen LogP contribution in [0.4, 0.5) is 0 Å². The van der Waals surface area contributed by atoms with Crippen molar-refractivity contribution < 1.29 is 17.7 Å². The zero-order valence-electron chi connectivity index (χ0n) is 11.9. The normalized spacial score (nSPS) is 16.5. The van der Waals surface area contributed by atoms with Crippen molar-refractivity contribution in [1.82, 2.24) is 4.57 Å². The number of hydrogen-bond acceptors (Lipinski definition) is 3. The first-order valence-corrected chi connectivity index (χ1v) is 8.73. The fraction of sp³-hybridized carbons (Fsp3) is 0.467. The molecule has 2 heterocycles. The molecule has 0 spiro atoms. The van der Waals surface area contributed by atoms with Gasteiger partial charge >= 0.3 is 0 Å². The molecule has 0 bridgehead atoms. The van der Waals surface area contributed by atoms with Crippen LogP contribution in [0.25, 0.3) is 10.9 Å². The van der Waals surface area contributed by atoms with Gasteiger partial charge in [0.1, 0.15) is 5.75 Å². The van der Waals surface area contributed by atoms with Crippen molar-refractivity contribution >= 4 is 21.0 Å². The molecule has 0 saturated heterocycles. The van der Waals surface area contributed by atoms with Crippen molar-refractivity contribution in [1.29, 1.82) is 0 Å². The van der Waals surface area contributed by atoms with Gasteiger partial charge in [0, 0.05) is 29.2 Å². The molecule has 1 aromatic carbocycles. The molecule has 1 unspecified atom stereocenters. The van der Waals surface area contributed by atoms with Gasteiger partial charge in [0.2, 0.25) is 0 Å². The Bertz CT molecular complexity index is 763. The number of nitrogens with zero attached hydrogens (tertiary/aromatic N) is 1. The molecule has 0 fully saturated rings. The zero-order chi connectivity index (χ0) is 15.0. The van der Waals surface area contributed by atoms with Crippen LogP contribution < -0.4 is 4.74 Å². The number of aryl methyl sites for hydroxylation is 1. The van der Waals surface area contributed by atoms with Crippen molar-refractivity contribution in [3.63, 3.8) is 0 Å². The van der Waals surface area contributed by atoms with Gasteiger partial charge in [-0.3, -0.25) is 4.55 Å². The maximum absolute atomic E-state index is 11.0. The van der Waals surface area contributed by atoms with Crippen LogP contribution in [0.15, 0.2) is 24.4 Å². The average Bonchev–Trinajstić information content (AvgIpc) is 2.80. The molecule has 1 atom stereocenters. The largest absolute Gasteiger partial charge is 0.493 e. The first kappa shape index (κ1) is 14.4. The van der Waals surface area contributed by atoms with Crippen molar-refractivity contribution in [2.45, 2.75) is 26.3 Å². The minimum atomic E-state index is -3.93. The molecule has 0 amide bonds. The molecule has 1 aromatic heterocycles. The van der Waals surface area contributed by atoms with Gasteiger partial charge in [0.05, 0.1) is 12.4 Å². The van der Waals surface area contributed by atoms with Crippen LogP contribution in [0.1, 0.15) is 18.9 Å². The first-order valence-electron chi connectivity index (χ1n) is 7.13. The topological polar surface area (TPSA) is 68.5 Å². The van der Waals surface area contributed by atoms with Crippen molar-refractivity contribution in [3.05, 3.63) is 30.0 Å². The van der Waals surface area contributed by atoms with Crippen LogP contribution in [-0.4, -0.2) is 29.9 Å². The molecule has 2 aromatic rings. The van der Waals surface area contributed by atoms with Gasteiger partial charge in [-0.25, -0.2) is 0 Å². The summed E-state index contributed by atoms with van der Waals surface area (Å²) in [5, 5.41) is 1.17. The standard InChI is InChI=1S/C15H19NO4S/c1-11(10-21(17,18)19)9-16-7-6-12-13-3-2-8-20-15(13)5-4-14(12)16/h4-7,11H,2-3,8-10H2,1H3,(H,17,18,19). The predicted molar refractivity (Wildman–Crippen MR) is 81.3 cm³/mol. The first-order chi connectivity index (χ1) is 9.94. The van der Waals surface area contributed by atoms with E-state index in [-0.39, 0.29) is 11.7 Å². The van der Waals surface area contributed by atoms with E-state index in [0.29, 0.717) is 6.54 Å². The number of aromatic nitrogens is 1. The molecule has 3 rings (SSSR count). The van der Waals surface area contributed by atoms with Gasteiger partial charge in [-0.05, 0) is 37.0 Å². The summed E-state index contributed by atoms with van der Waals surface area (Å²) in [6.45, 7) is 3.15. The second kappa shape index (κ2) is 5.35. The molecule has 5 nitrogen and oxygen atoms in total. The smallest absolute Gasteiger partial charge is 0.265 e. The van der Waals surface area contributed by atoms with Gasteiger partial charge < -0.3 is 9.30 Å². The highest BCUT2D eigenvalue weighted by molar-refractivity contribution is 7.85. The molecule has 1 N–H and O–H groups in total. The third-order valence-corrected chi connectivity index (χ3v) is 4.84. The summed E-state index contributed by atoms with van der Waals surface area (Å²) in [7, 11) is -3.93. The minimum absolute atomic E-state index is 0.150. The molecule has 0 aliphatic carbocycles. The molecular weight excluding hydrogens is 290 g/mol. The Morgan fingerprint density at radius 1 is 1.38 bits per heavy atom. The number of fused-ring (bicyclic) bond motifs is 3. The third-order valence-electron chi connectivity index (χ3n) is 3.85. The summed E-state index contributed by atoms with van der Waals surface area (Å²) < 4.78 is 38.6. The highest BCUT2D eigenvalue weighted by atomic mass is 32.2. The Labute approximate surface area is 124 Å². The van der Waals surface area contributed by atoms with Crippen LogP contribution in [0.2, 0.25) is 0 Å². The zero-order valence-corrected chi connectivity index (χ0v) is 12.8.